The van der Waals surface area contributed by atoms with Crippen molar-refractivity contribution in [2.45, 2.75) is 18.6 Å². The molecular formula is C7H16N2O3S. The molecule has 1 heterocycles. The molecule has 1 rings (SSSR count). The molecule has 0 amide bonds. The number of rotatable bonds is 3. The predicted octanol–water partition coefficient (Wildman–Crippen LogP) is -1.09. The maximum atomic E-state index is 11.0. The summed E-state index contributed by atoms with van der Waals surface area (Å²) >= 11 is 0. The number of hydrogen-bond donors (Lipinski definition) is 2. The van der Waals surface area contributed by atoms with Gasteiger partial charge >= 0.3 is 0 Å². The van der Waals surface area contributed by atoms with Gasteiger partial charge in [-0.1, -0.05) is 0 Å². The van der Waals surface area contributed by atoms with Crippen LogP contribution in [0, 0.1) is 0 Å². The van der Waals surface area contributed by atoms with E-state index in [9.17, 15) is 8.42 Å². The van der Waals surface area contributed by atoms with E-state index in [1.165, 1.54) is 6.26 Å². The largest absolute Gasteiger partial charge is 0.378 e. The average Bonchev–Trinajstić information content (AvgIpc) is 2.02. The van der Waals surface area contributed by atoms with Gasteiger partial charge in [0.1, 0.15) is 0 Å². The Morgan fingerprint density at radius 3 is 2.77 bits per heavy atom. The fraction of sp³-hybridized carbons (Fsp3) is 1.00. The second-order valence-electron chi connectivity index (χ2n) is 3.26. The highest BCUT2D eigenvalue weighted by atomic mass is 32.2. The third-order valence-electron chi connectivity index (χ3n) is 2.09. The molecule has 13 heavy (non-hydrogen) atoms. The van der Waals surface area contributed by atoms with Gasteiger partial charge in [0.2, 0.25) is 10.0 Å². The fourth-order valence-electron chi connectivity index (χ4n) is 1.49. The normalized spacial score (nSPS) is 30.3. The number of hydrogen-bond acceptors (Lipinski definition) is 4. The van der Waals surface area contributed by atoms with Gasteiger partial charge in [-0.2, -0.15) is 0 Å². The van der Waals surface area contributed by atoms with Crippen LogP contribution < -0.4 is 10.0 Å². The van der Waals surface area contributed by atoms with E-state index in [0.29, 0.717) is 6.54 Å². The predicted molar refractivity (Wildman–Crippen MR) is 50.1 cm³/mol. The summed E-state index contributed by atoms with van der Waals surface area (Å²) in [7, 11) is -1.53. The van der Waals surface area contributed by atoms with Gasteiger partial charge in [-0.05, 0) is 13.0 Å². The van der Waals surface area contributed by atoms with Crippen molar-refractivity contribution >= 4 is 10.0 Å². The summed E-state index contributed by atoms with van der Waals surface area (Å²) < 4.78 is 29.7. The lowest BCUT2D eigenvalue weighted by Crippen LogP contribution is -2.53. The van der Waals surface area contributed by atoms with E-state index < -0.39 is 10.0 Å². The Bertz CT molecular complexity index is 252. The molecule has 0 aromatic rings. The molecule has 0 saturated carbocycles. The van der Waals surface area contributed by atoms with Crippen LogP contribution in [0.1, 0.15) is 6.42 Å². The maximum Gasteiger partial charge on any atom is 0.209 e. The van der Waals surface area contributed by atoms with E-state index >= 15 is 0 Å². The molecule has 2 N–H and O–H groups in total. The summed E-state index contributed by atoms with van der Waals surface area (Å²) in [6.45, 7) is 1.52. The standard InChI is InChI=1S/C7H16N2O3S/c1-12-7-5-8-4-3-6(7)9-13(2,10)11/h6-9H,3-5H2,1-2H3/t6?,7-/m0/s1. The Balaban J connectivity index is 2.55. The van der Waals surface area contributed by atoms with E-state index in [-0.39, 0.29) is 12.1 Å². The number of piperidine rings is 1. The Labute approximate surface area is 78.9 Å². The summed E-state index contributed by atoms with van der Waals surface area (Å²) in [5.74, 6) is 0. The van der Waals surface area contributed by atoms with Crippen molar-refractivity contribution in [3.05, 3.63) is 0 Å². The van der Waals surface area contributed by atoms with E-state index in [0.717, 1.165) is 13.0 Å². The zero-order valence-corrected chi connectivity index (χ0v) is 8.73. The average molecular weight is 208 g/mol. The molecule has 0 radical (unpaired) electrons. The third kappa shape index (κ3) is 3.60. The Morgan fingerprint density at radius 2 is 2.23 bits per heavy atom. The molecule has 1 saturated heterocycles. The third-order valence-corrected chi connectivity index (χ3v) is 2.83. The van der Waals surface area contributed by atoms with Crippen LogP contribution in [0.3, 0.4) is 0 Å². The first kappa shape index (κ1) is 10.9. The van der Waals surface area contributed by atoms with Crippen LogP contribution in [0.2, 0.25) is 0 Å². The van der Waals surface area contributed by atoms with Gasteiger partial charge in [0.25, 0.3) is 0 Å². The lowest BCUT2D eigenvalue weighted by atomic mass is 10.1. The van der Waals surface area contributed by atoms with Crippen molar-refractivity contribution in [1.82, 2.24) is 10.0 Å². The van der Waals surface area contributed by atoms with Crippen LogP contribution in [-0.2, 0) is 14.8 Å². The molecule has 0 aliphatic carbocycles. The number of methoxy groups -OCH3 is 1. The van der Waals surface area contributed by atoms with Crippen molar-refractivity contribution in [3.63, 3.8) is 0 Å². The summed E-state index contributed by atoms with van der Waals surface area (Å²) in [5.41, 5.74) is 0. The second kappa shape index (κ2) is 4.36. The summed E-state index contributed by atoms with van der Waals surface area (Å²) in [6, 6.07) is -0.0961. The maximum absolute atomic E-state index is 11.0. The number of sulfonamides is 1. The zero-order valence-electron chi connectivity index (χ0n) is 7.91. The first-order valence-electron chi connectivity index (χ1n) is 4.24. The number of ether oxygens (including phenoxy) is 1. The van der Waals surface area contributed by atoms with Gasteiger partial charge in [0.05, 0.1) is 18.4 Å². The molecule has 2 atom stereocenters. The minimum absolute atomic E-state index is 0.0662. The second-order valence-corrected chi connectivity index (χ2v) is 5.04. The highest BCUT2D eigenvalue weighted by Crippen LogP contribution is 2.07. The van der Waals surface area contributed by atoms with Gasteiger partial charge in [-0.25, -0.2) is 13.1 Å². The minimum atomic E-state index is -3.12. The molecule has 1 aliphatic heterocycles. The van der Waals surface area contributed by atoms with Crippen LogP contribution in [0.5, 0.6) is 0 Å². The van der Waals surface area contributed by atoms with Crippen LogP contribution in [0.15, 0.2) is 0 Å². The van der Waals surface area contributed by atoms with E-state index in [1.807, 2.05) is 0 Å². The van der Waals surface area contributed by atoms with Crippen molar-refractivity contribution < 1.29 is 13.2 Å². The summed E-state index contributed by atoms with van der Waals surface area (Å²) in [4.78, 5) is 0. The molecule has 6 heteroatoms. The van der Waals surface area contributed by atoms with Gasteiger partial charge in [-0.15, -0.1) is 0 Å². The highest BCUT2D eigenvalue weighted by molar-refractivity contribution is 7.88. The van der Waals surface area contributed by atoms with Crippen LogP contribution in [0.4, 0.5) is 0 Å². The molecule has 1 unspecified atom stereocenters. The molecule has 5 nitrogen and oxygen atoms in total. The molecule has 0 spiro atoms. The van der Waals surface area contributed by atoms with Crippen LogP contribution in [-0.4, -0.2) is 47.0 Å². The highest BCUT2D eigenvalue weighted by Gasteiger charge is 2.26. The van der Waals surface area contributed by atoms with Gasteiger partial charge < -0.3 is 10.1 Å². The smallest absolute Gasteiger partial charge is 0.209 e. The quantitative estimate of drug-likeness (QED) is 0.618. The molecule has 78 valence electrons. The molecule has 1 aliphatic rings. The molecular weight excluding hydrogens is 192 g/mol. The Kier molecular flexibility index (Phi) is 3.66. The molecule has 0 aromatic carbocycles. The van der Waals surface area contributed by atoms with E-state index in [2.05, 4.69) is 10.0 Å². The first-order valence-corrected chi connectivity index (χ1v) is 6.13. The SMILES string of the molecule is CO[C@H]1CNCCC1NS(C)(=O)=O. The van der Waals surface area contributed by atoms with Gasteiger partial charge in [0, 0.05) is 13.7 Å². The van der Waals surface area contributed by atoms with Crippen molar-refractivity contribution in [1.29, 1.82) is 0 Å². The summed E-state index contributed by atoms with van der Waals surface area (Å²) in [5, 5.41) is 3.14. The lowest BCUT2D eigenvalue weighted by Gasteiger charge is -2.30. The molecule has 0 bridgehead atoms. The fourth-order valence-corrected chi connectivity index (χ4v) is 2.31. The van der Waals surface area contributed by atoms with Crippen molar-refractivity contribution in [2.75, 3.05) is 26.5 Å². The monoisotopic (exact) mass is 208 g/mol. The van der Waals surface area contributed by atoms with E-state index in [1.54, 1.807) is 7.11 Å². The minimum Gasteiger partial charge on any atom is -0.378 e. The Hall–Kier alpha value is -0.170. The van der Waals surface area contributed by atoms with Gasteiger partial charge in [0.15, 0.2) is 0 Å². The topological polar surface area (TPSA) is 67.4 Å². The summed E-state index contributed by atoms with van der Waals surface area (Å²) in [6.07, 6.45) is 1.87. The van der Waals surface area contributed by atoms with Crippen LogP contribution in [0.25, 0.3) is 0 Å². The molecule has 1 fully saturated rings. The first-order chi connectivity index (χ1) is 6.03. The van der Waals surface area contributed by atoms with Crippen molar-refractivity contribution in [3.8, 4) is 0 Å². The number of nitrogens with one attached hydrogen (secondary N) is 2. The zero-order chi connectivity index (χ0) is 9.90. The van der Waals surface area contributed by atoms with Crippen LogP contribution >= 0.6 is 0 Å². The van der Waals surface area contributed by atoms with E-state index in [4.69, 9.17) is 4.74 Å². The molecule has 0 aromatic heterocycles. The lowest BCUT2D eigenvalue weighted by molar-refractivity contribution is 0.0594. The van der Waals surface area contributed by atoms with Crippen molar-refractivity contribution in [2.24, 2.45) is 0 Å². The van der Waals surface area contributed by atoms with Gasteiger partial charge in [-0.3, -0.25) is 0 Å². The Morgan fingerprint density at radius 1 is 1.54 bits per heavy atom.